The van der Waals surface area contributed by atoms with Gasteiger partial charge in [0.25, 0.3) is 0 Å². The van der Waals surface area contributed by atoms with E-state index in [0.29, 0.717) is 0 Å². The van der Waals surface area contributed by atoms with E-state index in [-0.39, 0.29) is 23.6 Å². The molecule has 0 saturated carbocycles. The molecule has 4 N–H and O–H groups in total. The van der Waals surface area contributed by atoms with Crippen LogP contribution in [0, 0.1) is 0 Å². The molecule has 0 aliphatic carbocycles. The summed E-state index contributed by atoms with van der Waals surface area (Å²) in [5, 5.41) is 32.8. The number of aliphatic hydroxyl groups excluding tert-OH is 2. The van der Waals surface area contributed by atoms with Gasteiger partial charge in [0.05, 0.1) is 10.4 Å². The molecule has 1 amide bonds. The lowest BCUT2D eigenvalue weighted by Crippen LogP contribution is -2.35. The van der Waals surface area contributed by atoms with Crippen LogP contribution in [0.2, 0.25) is 0 Å². The molecule has 2 unspecified atom stereocenters. The van der Waals surface area contributed by atoms with Crippen LogP contribution in [0.1, 0.15) is 26.9 Å². The number of thiophene rings is 1. The minimum Gasteiger partial charge on any atom is -0.478 e. The molecule has 2 atom stereocenters. The van der Waals surface area contributed by atoms with E-state index in [0.717, 1.165) is 16.9 Å². The molecule has 0 bridgehead atoms. The van der Waals surface area contributed by atoms with Crippen LogP contribution in [-0.4, -0.2) is 40.0 Å². The number of carbonyl (C=O) groups is 2. The van der Waals surface area contributed by atoms with Gasteiger partial charge in [0.1, 0.15) is 18.8 Å². The van der Waals surface area contributed by atoms with Gasteiger partial charge in [-0.1, -0.05) is 30.3 Å². The maximum Gasteiger partial charge on any atom is 0.407 e. The fourth-order valence-corrected chi connectivity index (χ4v) is 2.90. The topological polar surface area (TPSA) is 116 Å². The van der Waals surface area contributed by atoms with Crippen LogP contribution in [0.3, 0.4) is 0 Å². The molecule has 0 radical (unpaired) electrons. The lowest BCUT2D eigenvalue weighted by atomic mass is 10.1. The average Bonchev–Trinajstić information content (AvgIpc) is 3.08. The molecule has 1 heterocycles. The van der Waals surface area contributed by atoms with Crippen LogP contribution in [-0.2, 0) is 11.3 Å². The van der Waals surface area contributed by atoms with Crippen molar-refractivity contribution in [3.05, 3.63) is 57.8 Å². The highest BCUT2D eigenvalue weighted by Crippen LogP contribution is 2.26. The van der Waals surface area contributed by atoms with Gasteiger partial charge in [0.15, 0.2) is 0 Å². The van der Waals surface area contributed by atoms with Crippen LogP contribution < -0.4 is 5.32 Å². The third-order valence-corrected chi connectivity index (χ3v) is 4.21. The molecule has 0 spiro atoms. The molecule has 2 rings (SSSR count). The van der Waals surface area contributed by atoms with Gasteiger partial charge in [-0.05, 0) is 17.0 Å². The smallest absolute Gasteiger partial charge is 0.407 e. The second-order valence-corrected chi connectivity index (χ2v) is 5.91. The van der Waals surface area contributed by atoms with Crippen LogP contribution in [0.15, 0.2) is 41.8 Å². The molecule has 2 aromatic rings. The predicted octanol–water partition coefficient (Wildman–Crippen LogP) is 1.77. The van der Waals surface area contributed by atoms with Crippen molar-refractivity contribution in [1.82, 2.24) is 5.32 Å². The average molecular weight is 351 g/mol. The van der Waals surface area contributed by atoms with Crippen LogP contribution in [0.25, 0.3) is 0 Å². The van der Waals surface area contributed by atoms with Gasteiger partial charge in [-0.2, -0.15) is 0 Å². The van der Waals surface area contributed by atoms with Gasteiger partial charge in [-0.25, -0.2) is 9.59 Å². The largest absolute Gasteiger partial charge is 0.478 e. The SMILES string of the molecule is O=C(NCC(O)C(O)c1sccc1C(=O)O)OCc1ccccc1. The molecular formula is C16H17NO6S. The Morgan fingerprint density at radius 2 is 1.88 bits per heavy atom. The molecule has 0 saturated heterocycles. The fraction of sp³-hybridized carbons (Fsp3) is 0.250. The number of carboxylic acids is 1. The van der Waals surface area contributed by atoms with Gasteiger partial charge in [0, 0.05) is 6.54 Å². The number of aromatic carboxylic acids is 1. The maximum absolute atomic E-state index is 11.6. The van der Waals surface area contributed by atoms with E-state index in [1.807, 2.05) is 18.2 Å². The standard InChI is InChI=1S/C16H17NO6S/c18-12(13(19)14-11(15(20)21)6-7-24-14)8-17-16(22)23-9-10-4-2-1-3-5-10/h1-7,12-13,18-19H,8-9H2,(H,17,22)(H,20,21). The van der Waals surface area contributed by atoms with E-state index < -0.39 is 24.3 Å². The van der Waals surface area contributed by atoms with Crippen molar-refractivity contribution in [3.8, 4) is 0 Å². The number of amides is 1. The highest BCUT2D eigenvalue weighted by molar-refractivity contribution is 7.10. The number of nitrogens with one attached hydrogen (secondary N) is 1. The van der Waals surface area contributed by atoms with Gasteiger partial charge < -0.3 is 25.4 Å². The zero-order valence-corrected chi connectivity index (χ0v) is 13.4. The number of ether oxygens (including phenoxy) is 1. The number of rotatable bonds is 7. The molecule has 0 aliphatic rings. The molecule has 1 aromatic heterocycles. The van der Waals surface area contributed by atoms with E-state index >= 15 is 0 Å². The van der Waals surface area contributed by atoms with Crippen molar-refractivity contribution < 1.29 is 29.6 Å². The Labute approximate surface area is 142 Å². The van der Waals surface area contributed by atoms with Crippen molar-refractivity contribution in [3.63, 3.8) is 0 Å². The first-order valence-corrected chi connectivity index (χ1v) is 7.98. The number of hydrogen-bond donors (Lipinski definition) is 4. The monoisotopic (exact) mass is 351 g/mol. The van der Waals surface area contributed by atoms with Crippen LogP contribution in [0.4, 0.5) is 4.79 Å². The number of carboxylic acid groups (broad SMARTS) is 1. The zero-order chi connectivity index (χ0) is 17.5. The third kappa shape index (κ3) is 4.79. The van der Waals surface area contributed by atoms with Gasteiger partial charge in [0.2, 0.25) is 0 Å². The zero-order valence-electron chi connectivity index (χ0n) is 12.6. The minimum absolute atomic E-state index is 0.0711. The highest BCUT2D eigenvalue weighted by Gasteiger charge is 2.25. The summed E-state index contributed by atoms with van der Waals surface area (Å²) in [7, 11) is 0. The van der Waals surface area contributed by atoms with E-state index in [1.165, 1.54) is 11.4 Å². The second-order valence-electron chi connectivity index (χ2n) is 4.96. The van der Waals surface area contributed by atoms with Crippen LogP contribution in [0.5, 0.6) is 0 Å². The lowest BCUT2D eigenvalue weighted by molar-refractivity contribution is 0.0195. The number of hydrogen-bond acceptors (Lipinski definition) is 6. The minimum atomic E-state index is -1.41. The molecule has 0 fully saturated rings. The van der Waals surface area contributed by atoms with Crippen molar-refractivity contribution in [2.45, 2.75) is 18.8 Å². The normalized spacial score (nSPS) is 13.1. The lowest BCUT2D eigenvalue weighted by Gasteiger charge is -2.18. The van der Waals surface area contributed by atoms with Crippen molar-refractivity contribution in [1.29, 1.82) is 0 Å². The van der Waals surface area contributed by atoms with Crippen molar-refractivity contribution >= 4 is 23.4 Å². The first-order chi connectivity index (χ1) is 11.5. The van der Waals surface area contributed by atoms with E-state index in [1.54, 1.807) is 12.1 Å². The summed E-state index contributed by atoms with van der Waals surface area (Å²) in [6.07, 6.45) is -3.51. The molecule has 128 valence electrons. The first-order valence-electron chi connectivity index (χ1n) is 7.10. The Morgan fingerprint density at radius 1 is 1.17 bits per heavy atom. The molecule has 7 nitrogen and oxygen atoms in total. The van der Waals surface area contributed by atoms with Gasteiger partial charge >= 0.3 is 12.1 Å². The van der Waals surface area contributed by atoms with Crippen molar-refractivity contribution in [2.24, 2.45) is 0 Å². The van der Waals surface area contributed by atoms with Gasteiger partial charge in [-0.3, -0.25) is 0 Å². The third-order valence-electron chi connectivity index (χ3n) is 3.23. The molecular weight excluding hydrogens is 334 g/mol. The van der Waals surface area contributed by atoms with E-state index in [9.17, 15) is 19.8 Å². The summed E-state index contributed by atoms with van der Waals surface area (Å²) in [6.45, 7) is -0.189. The Morgan fingerprint density at radius 3 is 2.54 bits per heavy atom. The highest BCUT2D eigenvalue weighted by atomic mass is 32.1. The second kappa shape index (κ2) is 8.44. The Balaban J connectivity index is 1.81. The number of alkyl carbamates (subject to hydrolysis) is 1. The summed E-state index contributed by atoms with van der Waals surface area (Å²) in [5.74, 6) is -1.19. The molecule has 1 aromatic carbocycles. The molecule has 0 aliphatic heterocycles. The van der Waals surface area contributed by atoms with Crippen molar-refractivity contribution in [2.75, 3.05) is 6.54 Å². The number of benzene rings is 1. The van der Waals surface area contributed by atoms with E-state index in [4.69, 9.17) is 9.84 Å². The summed E-state index contributed by atoms with van der Waals surface area (Å²) in [6, 6.07) is 10.4. The summed E-state index contributed by atoms with van der Waals surface area (Å²) in [4.78, 5) is 22.7. The molecule has 8 heteroatoms. The van der Waals surface area contributed by atoms with E-state index in [2.05, 4.69) is 5.32 Å². The summed E-state index contributed by atoms with van der Waals surface area (Å²) >= 11 is 1.02. The first kappa shape index (κ1) is 17.9. The summed E-state index contributed by atoms with van der Waals surface area (Å²) in [5.41, 5.74) is 0.746. The maximum atomic E-state index is 11.6. The quantitative estimate of drug-likeness (QED) is 0.604. The summed E-state index contributed by atoms with van der Waals surface area (Å²) < 4.78 is 4.98. The predicted molar refractivity (Wildman–Crippen MR) is 86.9 cm³/mol. The van der Waals surface area contributed by atoms with Crippen LogP contribution >= 0.6 is 11.3 Å². The number of carbonyl (C=O) groups excluding carboxylic acids is 1. The Kier molecular flexibility index (Phi) is 6.30. The van der Waals surface area contributed by atoms with Gasteiger partial charge in [-0.15, -0.1) is 11.3 Å². The fourth-order valence-electron chi connectivity index (χ4n) is 1.98. The number of aliphatic hydroxyl groups is 2. The Hall–Kier alpha value is -2.42. The Bertz CT molecular complexity index is 687. The molecule has 24 heavy (non-hydrogen) atoms.